The van der Waals surface area contributed by atoms with E-state index in [0.717, 1.165) is 5.56 Å². The largest absolute Gasteiger partial charge is 0.421 e. The van der Waals surface area contributed by atoms with Gasteiger partial charge in [-0.25, -0.2) is 4.39 Å². The van der Waals surface area contributed by atoms with Crippen molar-refractivity contribution in [3.8, 4) is 6.07 Å². The van der Waals surface area contributed by atoms with Gasteiger partial charge in [-0.3, -0.25) is 0 Å². The molecule has 118 valence electrons. The van der Waals surface area contributed by atoms with Gasteiger partial charge in [-0.2, -0.15) is 5.26 Å². The number of rotatable bonds is 4. The smallest absolute Gasteiger partial charge is 0.240 e. The molecule has 0 aliphatic carbocycles. The molecule has 4 nitrogen and oxygen atoms in total. The van der Waals surface area contributed by atoms with Crippen molar-refractivity contribution in [1.29, 1.82) is 5.26 Å². The summed E-state index contributed by atoms with van der Waals surface area (Å²) >= 11 is 5.95. The molecule has 0 bridgehead atoms. The van der Waals surface area contributed by atoms with E-state index in [2.05, 4.69) is 16.3 Å². The minimum Gasteiger partial charge on any atom is -0.421 e. The lowest BCUT2D eigenvalue weighted by atomic mass is 10.1. The molecule has 0 atom stereocenters. The standard InChI is InChI=1S/C18H11ClFN3O/c19-16-10-15(20)6-4-14(16)5-7-17-22-23-18(24-17)9-12-2-1-3-13(8-12)11-21/h1-8,10H,9H2/b7-5+. The molecule has 0 spiro atoms. The minimum atomic E-state index is -0.392. The molecule has 0 saturated carbocycles. The quantitative estimate of drug-likeness (QED) is 0.702. The second-order valence-corrected chi connectivity index (χ2v) is 5.43. The number of nitriles is 1. The van der Waals surface area contributed by atoms with Crippen LogP contribution >= 0.6 is 11.6 Å². The van der Waals surface area contributed by atoms with Crippen molar-refractivity contribution in [2.24, 2.45) is 0 Å². The van der Waals surface area contributed by atoms with Crippen LogP contribution in [0.1, 0.15) is 28.5 Å². The molecule has 0 amide bonds. The highest BCUT2D eigenvalue weighted by Gasteiger charge is 2.06. The minimum absolute atomic E-state index is 0.305. The van der Waals surface area contributed by atoms with E-state index in [9.17, 15) is 4.39 Å². The van der Waals surface area contributed by atoms with Gasteiger partial charge in [0.2, 0.25) is 11.8 Å². The van der Waals surface area contributed by atoms with Crippen LogP contribution in [0.5, 0.6) is 0 Å². The Morgan fingerprint density at radius 1 is 1.17 bits per heavy atom. The highest BCUT2D eigenvalue weighted by molar-refractivity contribution is 6.32. The van der Waals surface area contributed by atoms with Gasteiger partial charge in [0.1, 0.15) is 5.82 Å². The first-order chi connectivity index (χ1) is 11.6. The molecule has 0 aliphatic rings. The summed E-state index contributed by atoms with van der Waals surface area (Å²) in [6, 6.07) is 13.4. The first-order valence-electron chi connectivity index (χ1n) is 7.08. The Balaban J connectivity index is 1.73. The Kier molecular flexibility index (Phi) is 4.69. The van der Waals surface area contributed by atoms with Crippen LogP contribution in [-0.4, -0.2) is 10.2 Å². The Morgan fingerprint density at radius 3 is 2.83 bits per heavy atom. The summed E-state index contributed by atoms with van der Waals surface area (Å²) in [5.74, 6) is 0.369. The molecular formula is C18H11ClFN3O. The highest BCUT2D eigenvalue weighted by Crippen LogP contribution is 2.20. The van der Waals surface area contributed by atoms with E-state index in [-0.39, 0.29) is 0 Å². The van der Waals surface area contributed by atoms with E-state index in [4.69, 9.17) is 21.3 Å². The molecule has 0 aliphatic heterocycles. The van der Waals surface area contributed by atoms with Gasteiger partial charge in [-0.05, 0) is 41.5 Å². The summed E-state index contributed by atoms with van der Waals surface area (Å²) in [5, 5.41) is 17.1. The maximum absolute atomic E-state index is 13.0. The molecule has 0 fully saturated rings. The van der Waals surface area contributed by atoms with Crippen molar-refractivity contribution in [2.75, 3.05) is 0 Å². The molecule has 3 rings (SSSR count). The van der Waals surface area contributed by atoms with Crippen molar-refractivity contribution < 1.29 is 8.81 Å². The zero-order chi connectivity index (χ0) is 16.9. The summed E-state index contributed by atoms with van der Waals surface area (Å²) in [6.07, 6.45) is 3.73. The monoisotopic (exact) mass is 339 g/mol. The van der Waals surface area contributed by atoms with Gasteiger partial charge in [-0.15, -0.1) is 10.2 Å². The van der Waals surface area contributed by atoms with Gasteiger partial charge < -0.3 is 4.42 Å². The van der Waals surface area contributed by atoms with Crippen molar-refractivity contribution in [1.82, 2.24) is 10.2 Å². The summed E-state index contributed by atoms with van der Waals surface area (Å²) in [7, 11) is 0. The Morgan fingerprint density at radius 2 is 2.04 bits per heavy atom. The SMILES string of the molecule is N#Cc1cccc(Cc2nnc(/C=C/c3ccc(F)cc3Cl)o2)c1. The third kappa shape index (κ3) is 3.86. The summed E-state index contributed by atoms with van der Waals surface area (Å²) in [6.45, 7) is 0. The maximum Gasteiger partial charge on any atom is 0.240 e. The number of halogens is 2. The molecule has 3 aromatic rings. The number of hydrogen-bond donors (Lipinski definition) is 0. The molecule has 1 aromatic heterocycles. The predicted octanol–water partition coefficient (Wildman–Crippen LogP) is 4.49. The third-order valence-electron chi connectivity index (χ3n) is 3.26. The molecule has 0 saturated heterocycles. The molecule has 6 heteroatoms. The number of hydrogen-bond acceptors (Lipinski definition) is 4. The molecule has 1 heterocycles. The maximum atomic E-state index is 13.0. The fraction of sp³-hybridized carbons (Fsp3) is 0.0556. The summed E-state index contributed by atoms with van der Waals surface area (Å²) < 4.78 is 18.5. The van der Waals surface area contributed by atoms with E-state index in [1.54, 1.807) is 30.4 Å². The summed E-state index contributed by atoms with van der Waals surface area (Å²) in [4.78, 5) is 0. The van der Waals surface area contributed by atoms with Crippen molar-refractivity contribution >= 4 is 23.8 Å². The van der Waals surface area contributed by atoms with E-state index in [1.165, 1.54) is 12.1 Å². The number of benzene rings is 2. The zero-order valence-corrected chi connectivity index (χ0v) is 13.2. The molecule has 0 N–H and O–H groups in total. The Labute approximate surface area is 142 Å². The number of nitrogens with zero attached hydrogens (tertiary/aromatic N) is 3. The third-order valence-corrected chi connectivity index (χ3v) is 3.59. The van der Waals surface area contributed by atoms with Crippen LogP contribution in [0.2, 0.25) is 5.02 Å². The normalized spacial score (nSPS) is 10.9. The molecule has 0 radical (unpaired) electrons. The topological polar surface area (TPSA) is 62.7 Å². The second kappa shape index (κ2) is 7.07. The molecule has 2 aromatic carbocycles. The van der Waals surface area contributed by atoms with E-state index >= 15 is 0 Å². The van der Waals surface area contributed by atoms with Gasteiger partial charge in [0.05, 0.1) is 23.1 Å². The van der Waals surface area contributed by atoms with Gasteiger partial charge >= 0.3 is 0 Å². The van der Waals surface area contributed by atoms with Gasteiger partial charge in [0.15, 0.2) is 0 Å². The Bertz CT molecular complexity index is 943. The van der Waals surface area contributed by atoms with E-state index in [0.29, 0.717) is 34.4 Å². The average molecular weight is 340 g/mol. The average Bonchev–Trinajstić information content (AvgIpc) is 3.01. The van der Waals surface area contributed by atoms with Crippen LogP contribution in [0.3, 0.4) is 0 Å². The van der Waals surface area contributed by atoms with Gasteiger partial charge in [-0.1, -0.05) is 29.8 Å². The van der Waals surface area contributed by atoms with E-state index in [1.807, 2.05) is 12.1 Å². The molecular weight excluding hydrogens is 329 g/mol. The van der Waals surface area contributed by atoms with Gasteiger partial charge in [0, 0.05) is 6.08 Å². The lowest BCUT2D eigenvalue weighted by Crippen LogP contribution is -1.89. The fourth-order valence-electron chi connectivity index (χ4n) is 2.13. The Hall–Kier alpha value is -2.97. The van der Waals surface area contributed by atoms with Crippen molar-refractivity contribution in [3.63, 3.8) is 0 Å². The zero-order valence-electron chi connectivity index (χ0n) is 12.4. The highest BCUT2D eigenvalue weighted by atomic mass is 35.5. The lowest BCUT2D eigenvalue weighted by molar-refractivity contribution is 0.496. The van der Waals surface area contributed by atoms with Gasteiger partial charge in [0.25, 0.3) is 0 Å². The number of aromatic nitrogens is 2. The molecule has 24 heavy (non-hydrogen) atoms. The fourth-order valence-corrected chi connectivity index (χ4v) is 2.36. The van der Waals surface area contributed by atoms with Crippen molar-refractivity contribution in [3.05, 3.63) is 81.8 Å². The van der Waals surface area contributed by atoms with Crippen LogP contribution in [0.25, 0.3) is 12.2 Å². The lowest BCUT2D eigenvalue weighted by Gasteiger charge is -1.97. The van der Waals surface area contributed by atoms with Crippen LogP contribution in [-0.2, 0) is 6.42 Å². The van der Waals surface area contributed by atoms with Crippen LogP contribution in [0.4, 0.5) is 4.39 Å². The van der Waals surface area contributed by atoms with E-state index < -0.39 is 5.82 Å². The second-order valence-electron chi connectivity index (χ2n) is 5.02. The predicted molar refractivity (Wildman–Crippen MR) is 88.6 cm³/mol. The van der Waals surface area contributed by atoms with Crippen LogP contribution < -0.4 is 0 Å². The summed E-state index contributed by atoms with van der Waals surface area (Å²) in [5.41, 5.74) is 2.15. The first kappa shape index (κ1) is 15.9. The van der Waals surface area contributed by atoms with Crippen LogP contribution in [0.15, 0.2) is 46.9 Å². The molecule has 0 unspecified atom stereocenters. The van der Waals surface area contributed by atoms with Crippen molar-refractivity contribution in [2.45, 2.75) is 6.42 Å². The first-order valence-corrected chi connectivity index (χ1v) is 7.46. The van der Waals surface area contributed by atoms with Crippen LogP contribution in [0, 0.1) is 17.1 Å².